The molecule has 2 nitrogen and oxygen atoms in total. The predicted octanol–water partition coefficient (Wildman–Crippen LogP) is 2.97. The summed E-state index contributed by atoms with van der Waals surface area (Å²) in [4.78, 5) is 0. The van der Waals surface area contributed by atoms with Gasteiger partial charge in [0, 0.05) is 12.6 Å². The number of hydrogen-bond donors (Lipinski definition) is 1. The van der Waals surface area contributed by atoms with E-state index < -0.39 is 0 Å². The maximum atomic E-state index is 6.15. The lowest BCUT2D eigenvalue weighted by atomic mass is 9.74. The van der Waals surface area contributed by atoms with Crippen molar-refractivity contribution in [3.63, 3.8) is 0 Å². The molecule has 1 N–H and O–H groups in total. The van der Waals surface area contributed by atoms with Crippen molar-refractivity contribution in [2.75, 3.05) is 13.2 Å². The SMILES string of the molecule is CCNC1CCC(C)(C)CC1OCC1CC1. The van der Waals surface area contributed by atoms with Gasteiger partial charge in [0.2, 0.25) is 0 Å². The lowest BCUT2D eigenvalue weighted by Crippen LogP contribution is -2.47. The van der Waals surface area contributed by atoms with Crippen LogP contribution in [-0.4, -0.2) is 25.3 Å². The third-order valence-corrected chi connectivity index (χ3v) is 4.04. The molecule has 0 spiro atoms. The fourth-order valence-electron chi connectivity index (χ4n) is 2.74. The quantitative estimate of drug-likeness (QED) is 0.776. The average molecular weight is 225 g/mol. The number of rotatable bonds is 5. The van der Waals surface area contributed by atoms with Crippen LogP contribution in [0.3, 0.4) is 0 Å². The zero-order valence-electron chi connectivity index (χ0n) is 11.1. The number of hydrogen-bond acceptors (Lipinski definition) is 2. The standard InChI is InChI=1S/C14H27NO/c1-4-15-12-7-8-14(2,3)9-13(12)16-10-11-5-6-11/h11-13,15H,4-10H2,1-3H3. The highest BCUT2D eigenvalue weighted by Crippen LogP contribution is 2.38. The van der Waals surface area contributed by atoms with Gasteiger partial charge in [0.25, 0.3) is 0 Å². The van der Waals surface area contributed by atoms with E-state index in [1.165, 1.54) is 32.1 Å². The van der Waals surface area contributed by atoms with Gasteiger partial charge < -0.3 is 10.1 Å². The van der Waals surface area contributed by atoms with E-state index in [4.69, 9.17) is 4.74 Å². The first kappa shape index (κ1) is 12.4. The van der Waals surface area contributed by atoms with Crippen molar-refractivity contribution in [1.29, 1.82) is 0 Å². The van der Waals surface area contributed by atoms with Gasteiger partial charge in [-0.15, -0.1) is 0 Å². The second kappa shape index (κ2) is 5.05. The summed E-state index contributed by atoms with van der Waals surface area (Å²) in [7, 11) is 0. The Morgan fingerprint density at radius 2 is 2.00 bits per heavy atom. The van der Waals surface area contributed by atoms with Crippen molar-refractivity contribution in [3.05, 3.63) is 0 Å². The van der Waals surface area contributed by atoms with Crippen LogP contribution in [0.4, 0.5) is 0 Å². The topological polar surface area (TPSA) is 21.3 Å². The summed E-state index contributed by atoms with van der Waals surface area (Å²) in [6.45, 7) is 9.01. The van der Waals surface area contributed by atoms with E-state index in [9.17, 15) is 0 Å². The average Bonchev–Trinajstić information content (AvgIpc) is 3.02. The van der Waals surface area contributed by atoms with Crippen LogP contribution in [-0.2, 0) is 4.74 Å². The van der Waals surface area contributed by atoms with E-state index in [0.717, 1.165) is 19.1 Å². The van der Waals surface area contributed by atoms with Crippen molar-refractivity contribution >= 4 is 0 Å². The summed E-state index contributed by atoms with van der Waals surface area (Å²) in [5.41, 5.74) is 0.472. The number of ether oxygens (including phenoxy) is 1. The molecule has 2 unspecified atom stereocenters. The number of nitrogens with one attached hydrogen (secondary N) is 1. The Morgan fingerprint density at radius 1 is 1.25 bits per heavy atom. The lowest BCUT2D eigenvalue weighted by molar-refractivity contribution is -0.0319. The highest BCUT2D eigenvalue weighted by Gasteiger charge is 2.36. The Bertz CT molecular complexity index is 223. The third kappa shape index (κ3) is 3.46. The zero-order valence-corrected chi connectivity index (χ0v) is 11.1. The van der Waals surface area contributed by atoms with Gasteiger partial charge in [-0.05, 0) is 50.0 Å². The molecule has 2 atom stereocenters. The van der Waals surface area contributed by atoms with Gasteiger partial charge in [0.15, 0.2) is 0 Å². The van der Waals surface area contributed by atoms with Crippen LogP contribution < -0.4 is 5.32 Å². The molecule has 0 amide bonds. The number of likely N-dealkylation sites (N-methyl/N-ethyl adjacent to an activating group) is 1. The summed E-state index contributed by atoms with van der Waals surface area (Å²) < 4.78 is 6.15. The second-order valence-electron chi connectivity index (χ2n) is 6.39. The molecule has 0 aromatic rings. The van der Waals surface area contributed by atoms with Crippen molar-refractivity contribution in [2.24, 2.45) is 11.3 Å². The molecule has 0 aromatic heterocycles. The normalized spacial score (nSPS) is 33.9. The minimum absolute atomic E-state index is 0.448. The van der Waals surface area contributed by atoms with Crippen LogP contribution in [0.2, 0.25) is 0 Å². The monoisotopic (exact) mass is 225 g/mol. The molecule has 94 valence electrons. The van der Waals surface area contributed by atoms with Gasteiger partial charge in [0.05, 0.1) is 6.10 Å². The molecule has 2 aliphatic rings. The smallest absolute Gasteiger partial charge is 0.0733 e. The Morgan fingerprint density at radius 3 is 2.62 bits per heavy atom. The van der Waals surface area contributed by atoms with Gasteiger partial charge in [0.1, 0.15) is 0 Å². The third-order valence-electron chi connectivity index (χ3n) is 4.04. The fourth-order valence-corrected chi connectivity index (χ4v) is 2.74. The first-order chi connectivity index (χ1) is 7.61. The predicted molar refractivity (Wildman–Crippen MR) is 67.6 cm³/mol. The summed E-state index contributed by atoms with van der Waals surface area (Å²) in [6.07, 6.45) is 7.05. The van der Waals surface area contributed by atoms with Crippen molar-refractivity contribution in [2.45, 2.75) is 65.0 Å². The van der Waals surface area contributed by atoms with Gasteiger partial charge in [-0.3, -0.25) is 0 Å². The Labute approximate surface area is 100 Å². The van der Waals surface area contributed by atoms with Crippen LogP contribution in [0.25, 0.3) is 0 Å². The zero-order chi connectivity index (χ0) is 11.6. The molecule has 2 rings (SSSR count). The molecule has 2 saturated carbocycles. The minimum Gasteiger partial charge on any atom is -0.376 e. The van der Waals surface area contributed by atoms with Crippen molar-refractivity contribution < 1.29 is 4.74 Å². The van der Waals surface area contributed by atoms with Crippen LogP contribution in [0.5, 0.6) is 0 Å². The van der Waals surface area contributed by atoms with E-state index in [0.29, 0.717) is 17.6 Å². The van der Waals surface area contributed by atoms with Gasteiger partial charge in [-0.25, -0.2) is 0 Å². The van der Waals surface area contributed by atoms with Crippen LogP contribution >= 0.6 is 0 Å². The largest absolute Gasteiger partial charge is 0.376 e. The molecule has 2 fully saturated rings. The first-order valence-electron chi connectivity index (χ1n) is 6.96. The summed E-state index contributed by atoms with van der Waals surface area (Å²) in [5, 5.41) is 3.59. The second-order valence-corrected chi connectivity index (χ2v) is 6.39. The van der Waals surface area contributed by atoms with E-state index in [-0.39, 0.29) is 0 Å². The highest BCUT2D eigenvalue weighted by molar-refractivity contribution is 4.90. The van der Waals surface area contributed by atoms with Gasteiger partial charge >= 0.3 is 0 Å². The summed E-state index contributed by atoms with van der Waals surface area (Å²) in [5.74, 6) is 0.882. The molecule has 0 bridgehead atoms. The van der Waals surface area contributed by atoms with Gasteiger partial charge in [-0.2, -0.15) is 0 Å². The molecule has 0 aromatic carbocycles. The molecule has 0 aliphatic heterocycles. The van der Waals surface area contributed by atoms with Crippen LogP contribution in [0.1, 0.15) is 52.9 Å². The maximum absolute atomic E-state index is 6.15. The molecular weight excluding hydrogens is 198 g/mol. The first-order valence-corrected chi connectivity index (χ1v) is 6.96. The van der Waals surface area contributed by atoms with Crippen LogP contribution in [0, 0.1) is 11.3 Å². The molecule has 16 heavy (non-hydrogen) atoms. The molecule has 0 heterocycles. The lowest BCUT2D eigenvalue weighted by Gasteiger charge is -2.41. The Balaban J connectivity index is 1.85. The van der Waals surface area contributed by atoms with E-state index >= 15 is 0 Å². The van der Waals surface area contributed by atoms with E-state index in [1.54, 1.807) is 0 Å². The van der Waals surface area contributed by atoms with Crippen LogP contribution in [0.15, 0.2) is 0 Å². The molecule has 2 heteroatoms. The Kier molecular flexibility index (Phi) is 3.91. The summed E-state index contributed by atoms with van der Waals surface area (Å²) >= 11 is 0. The Hall–Kier alpha value is -0.0800. The molecule has 0 saturated heterocycles. The molecule has 2 aliphatic carbocycles. The van der Waals surface area contributed by atoms with E-state index in [1.807, 2.05) is 0 Å². The van der Waals surface area contributed by atoms with Gasteiger partial charge in [-0.1, -0.05) is 20.8 Å². The van der Waals surface area contributed by atoms with Crippen molar-refractivity contribution in [3.8, 4) is 0 Å². The minimum atomic E-state index is 0.448. The van der Waals surface area contributed by atoms with Crippen molar-refractivity contribution in [1.82, 2.24) is 5.32 Å². The van der Waals surface area contributed by atoms with E-state index in [2.05, 4.69) is 26.1 Å². The fraction of sp³-hybridized carbons (Fsp3) is 1.00. The molecular formula is C14H27NO. The highest BCUT2D eigenvalue weighted by atomic mass is 16.5. The molecule has 0 radical (unpaired) electrons. The maximum Gasteiger partial charge on any atom is 0.0733 e. The summed E-state index contributed by atoms with van der Waals surface area (Å²) in [6, 6.07) is 0.594.